The molecule has 42 heavy (non-hydrogen) atoms. The highest BCUT2D eigenvalue weighted by atomic mass is 32.1. The van der Waals surface area contributed by atoms with E-state index in [1.165, 1.54) is 21.3 Å². The van der Waals surface area contributed by atoms with E-state index in [1.54, 1.807) is 41.8 Å². The Morgan fingerprint density at radius 2 is 1.67 bits per heavy atom. The van der Waals surface area contributed by atoms with Gasteiger partial charge >= 0.3 is 12.1 Å². The number of carbonyl (C=O) groups is 2. The number of rotatable bonds is 11. The van der Waals surface area contributed by atoms with E-state index in [0.717, 1.165) is 28.3 Å². The second-order valence-corrected chi connectivity index (χ2v) is 9.44. The molecule has 0 unspecified atom stereocenters. The number of carboxylic acid groups (broad SMARTS) is 1. The Morgan fingerprint density at radius 1 is 0.905 bits per heavy atom. The molecule has 5 rings (SSSR count). The Labute approximate surface area is 244 Å². The normalized spacial score (nSPS) is 11.0. The molecule has 13 heteroatoms. The minimum atomic E-state index is -1.16. The van der Waals surface area contributed by atoms with Gasteiger partial charge in [0.05, 0.1) is 57.3 Å². The molecule has 5 aromatic rings. The average molecular weight is 594 g/mol. The van der Waals surface area contributed by atoms with Gasteiger partial charge in [-0.15, -0.1) is 0 Å². The lowest BCUT2D eigenvalue weighted by Crippen LogP contribution is -2.14. The number of fused-ring (bicyclic) bond motifs is 2. The fourth-order valence-corrected chi connectivity index (χ4v) is 5.12. The number of hydrogen-bond donors (Lipinski definition) is 1. The van der Waals surface area contributed by atoms with Crippen LogP contribution in [0.5, 0.6) is 28.9 Å². The zero-order chi connectivity index (χ0) is 29.8. The van der Waals surface area contributed by atoms with Gasteiger partial charge in [0.1, 0.15) is 22.5 Å². The Morgan fingerprint density at radius 3 is 2.38 bits per heavy atom. The average Bonchev–Trinajstić information content (AvgIpc) is 3.57. The number of ether oxygens (including phenoxy) is 6. The van der Waals surface area contributed by atoms with Crippen molar-refractivity contribution >= 4 is 45.8 Å². The predicted octanol–water partition coefficient (Wildman–Crippen LogP) is 5.39. The summed E-state index contributed by atoms with van der Waals surface area (Å²) in [5.41, 5.74) is 3.90. The number of carbonyl (C=O) groups excluding carboxylic acids is 1. The first kappa shape index (κ1) is 28.5. The molecule has 12 nitrogen and oxygen atoms in total. The maximum atomic E-state index is 12.8. The Bertz CT molecular complexity index is 1780. The molecule has 218 valence electrons. The van der Waals surface area contributed by atoms with Crippen LogP contribution in [0.3, 0.4) is 0 Å². The van der Waals surface area contributed by atoms with Crippen LogP contribution in [0.2, 0.25) is 0 Å². The summed E-state index contributed by atoms with van der Waals surface area (Å²) in [5.74, 6) is 0.513. The second-order valence-electron chi connectivity index (χ2n) is 8.91. The summed E-state index contributed by atoms with van der Waals surface area (Å²) in [6.45, 7) is 1.42. The molecule has 0 saturated carbocycles. The zero-order valence-electron chi connectivity index (χ0n) is 23.2. The van der Waals surface area contributed by atoms with Crippen LogP contribution < -0.4 is 23.7 Å². The van der Waals surface area contributed by atoms with Crippen molar-refractivity contribution in [3.8, 4) is 40.0 Å². The van der Waals surface area contributed by atoms with E-state index in [4.69, 9.17) is 28.4 Å². The highest BCUT2D eigenvalue weighted by Crippen LogP contribution is 2.48. The van der Waals surface area contributed by atoms with Gasteiger partial charge in [0.15, 0.2) is 18.1 Å². The van der Waals surface area contributed by atoms with Crippen LogP contribution in [0, 0.1) is 0 Å². The van der Waals surface area contributed by atoms with Gasteiger partial charge in [-0.1, -0.05) is 6.07 Å². The molecule has 2 heterocycles. The predicted molar refractivity (Wildman–Crippen MR) is 154 cm³/mol. The first-order chi connectivity index (χ1) is 20.4. The van der Waals surface area contributed by atoms with Crippen LogP contribution >= 0.6 is 11.7 Å². The van der Waals surface area contributed by atoms with Gasteiger partial charge in [0.2, 0.25) is 5.88 Å². The van der Waals surface area contributed by atoms with Crippen molar-refractivity contribution in [2.45, 2.75) is 13.5 Å². The Hall–Kier alpha value is -5.04. The first-order valence-electron chi connectivity index (χ1n) is 12.7. The van der Waals surface area contributed by atoms with Crippen molar-refractivity contribution in [1.82, 2.24) is 13.3 Å². The van der Waals surface area contributed by atoms with Crippen LogP contribution in [-0.4, -0.2) is 65.1 Å². The van der Waals surface area contributed by atoms with Gasteiger partial charge in [-0.3, -0.25) is 0 Å². The van der Waals surface area contributed by atoms with Crippen molar-refractivity contribution < 1.29 is 43.1 Å². The van der Waals surface area contributed by atoms with Crippen molar-refractivity contribution in [2.24, 2.45) is 0 Å². The fourth-order valence-electron chi connectivity index (χ4n) is 4.60. The molecular weight excluding hydrogens is 566 g/mol. The van der Waals surface area contributed by atoms with Crippen LogP contribution in [0.25, 0.3) is 33.1 Å². The maximum Gasteiger partial charge on any atom is 0.515 e. The third-order valence-corrected chi connectivity index (χ3v) is 6.99. The SMILES string of the molecule is CCOC(=O)Oc1c(-c2ccc(OC)cc2OCC(=O)O)c2cc(OC)c(OC)cc2n1Cc1ccc2nsnc2c1. The van der Waals surface area contributed by atoms with E-state index < -0.39 is 18.7 Å². The molecule has 2 aromatic heterocycles. The van der Waals surface area contributed by atoms with Crippen LogP contribution in [0.1, 0.15) is 12.5 Å². The quantitative estimate of drug-likeness (QED) is 0.197. The van der Waals surface area contributed by atoms with Crippen molar-refractivity contribution in [2.75, 3.05) is 34.5 Å². The molecule has 0 bridgehead atoms. The molecule has 0 atom stereocenters. The smallest absolute Gasteiger partial charge is 0.497 e. The molecule has 3 aromatic carbocycles. The summed E-state index contributed by atoms with van der Waals surface area (Å²) in [6, 6.07) is 14.2. The number of benzene rings is 3. The molecule has 0 amide bonds. The third-order valence-electron chi connectivity index (χ3n) is 6.43. The van der Waals surface area contributed by atoms with Crippen LogP contribution in [0.4, 0.5) is 4.79 Å². The summed E-state index contributed by atoms with van der Waals surface area (Å²) >= 11 is 1.12. The van der Waals surface area contributed by atoms with Gasteiger partial charge < -0.3 is 38.1 Å². The van der Waals surface area contributed by atoms with E-state index in [0.29, 0.717) is 39.3 Å². The van der Waals surface area contributed by atoms with E-state index >= 15 is 0 Å². The largest absolute Gasteiger partial charge is 0.515 e. The van der Waals surface area contributed by atoms with Crippen molar-refractivity contribution in [3.05, 3.63) is 54.1 Å². The zero-order valence-corrected chi connectivity index (χ0v) is 24.0. The highest BCUT2D eigenvalue weighted by Gasteiger charge is 2.28. The number of aromatic nitrogens is 3. The topological polar surface area (TPSA) is 140 Å². The minimum Gasteiger partial charge on any atom is -0.497 e. The van der Waals surface area contributed by atoms with E-state index in [9.17, 15) is 14.7 Å². The van der Waals surface area contributed by atoms with Gasteiger partial charge in [0, 0.05) is 23.1 Å². The molecule has 0 radical (unpaired) electrons. The lowest BCUT2D eigenvalue weighted by Gasteiger charge is -2.15. The summed E-state index contributed by atoms with van der Waals surface area (Å²) in [5, 5.41) is 9.95. The summed E-state index contributed by atoms with van der Waals surface area (Å²) in [7, 11) is 4.53. The molecule has 0 aliphatic heterocycles. The van der Waals surface area contributed by atoms with E-state index in [1.807, 2.05) is 18.2 Å². The third kappa shape index (κ3) is 5.59. The van der Waals surface area contributed by atoms with Crippen LogP contribution in [0.15, 0.2) is 48.5 Å². The second kappa shape index (κ2) is 12.2. The van der Waals surface area contributed by atoms with E-state index in [2.05, 4.69) is 8.75 Å². The number of methoxy groups -OCH3 is 3. The number of aliphatic carboxylic acids is 1. The molecule has 0 aliphatic rings. The molecule has 0 saturated heterocycles. The number of nitrogens with zero attached hydrogens (tertiary/aromatic N) is 3. The van der Waals surface area contributed by atoms with Gasteiger partial charge in [0.25, 0.3) is 0 Å². The van der Waals surface area contributed by atoms with Crippen molar-refractivity contribution in [1.29, 1.82) is 0 Å². The maximum absolute atomic E-state index is 12.8. The molecule has 0 spiro atoms. The number of carboxylic acids is 1. The van der Waals surface area contributed by atoms with Crippen molar-refractivity contribution in [3.63, 3.8) is 0 Å². The van der Waals surface area contributed by atoms with E-state index in [-0.39, 0.29) is 24.8 Å². The van der Waals surface area contributed by atoms with Crippen LogP contribution in [-0.2, 0) is 16.1 Å². The van der Waals surface area contributed by atoms with Gasteiger partial charge in [-0.05, 0) is 42.8 Å². The lowest BCUT2D eigenvalue weighted by molar-refractivity contribution is -0.139. The standard InChI is InChI=1S/C29H27N3O9S/c1-5-39-29(35)41-28-27(18-8-7-17(36-2)11-23(18)40-15-26(33)34)19-12-24(37-3)25(38-4)13-22(19)32(28)14-16-6-9-20-21(10-16)31-42-30-20/h6-13H,5,14-15H2,1-4H3,(H,33,34). The van der Waals surface area contributed by atoms with Gasteiger partial charge in [-0.2, -0.15) is 8.75 Å². The molecule has 0 aliphatic carbocycles. The summed E-state index contributed by atoms with van der Waals surface area (Å²) in [4.78, 5) is 24.2. The van der Waals surface area contributed by atoms with Gasteiger partial charge in [-0.25, -0.2) is 9.59 Å². The lowest BCUT2D eigenvalue weighted by atomic mass is 10.0. The minimum absolute atomic E-state index is 0.0963. The monoisotopic (exact) mass is 593 g/mol. The molecule has 1 N–H and O–H groups in total. The first-order valence-corrected chi connectivity index (χ1v) is 13.5. The molecular formula is C29H27N3O9S. The summed E-state index contributed by atoms with van der Waals surface area (Å²) in [6.07, 6.45) is -0.914. The molecule has 0 fully saturated rings. The number of hydrogen-bond acceptors (Lipinski definition) is 11. The fraction of sp³-hybridized carbons (Fsp3) is 0.241. The Kier molecular flexibility index (Phi) is 8.29. The summed E-state index contributed by atoms with van der Waals surface area (Å²) < 4.78 is 43.7. The highest BCUT2D eigenvalue weighted by molar-refractivity contribution is 7.00. The Balaban J connectivity index is 1.82.